The Bertz CT molecular complexity index is 331. The Hall–Kier alpha value is -0.610. The fraction of sp³-hybridized carbons (Fsp3) is 0.571. The summed E-state index contributed by atoms with van der Waals surface area (Å²) in [5.41, 5.74) is 1.20. The summed E-state index contributed by atoms with van der Waals surface area (Å²) in [6.45, 7) is 1.86. The van der Waals surface area contributed by atoms with Gasteiger partial charge in [-0.3, -0.25) is 0 Å². The zero-order valence-electron chi connectivity index (χ0n) is 10.4. The van der Waals surface area contributed by atoms with Crippen LogP contribution in [0.4, 0.5) is 0 Å². The Morgan fingerprint density at radius 1 is 1.22 bits per heavy atom. The van der Waals surface area contributed by atoms with Gasteiger partial charge in [0.2, 0.25) is 0 Å². The molecule has 0 amide bonds. The van der Waals surface area contributed by atoms with E-state index in [9.17, 15) is 0 Å². The quantitative estimate of drug-likeness (QED) is 0.744. The van der Waals surface area contributed by atoms with Gasteiger partial charge in [-0.2, -0.15) is 0 Å². The molecule has 1 aliphatic rings. The fourth-order valence-corrected chi connectivity index (χ4v) is 2.05. The molecular weight excluding hydrogens is 252 g/mol. The van der Waals surface area contributed by atoms with E-state index in [1.54, 1.807) is 0 Å². The van der Waals surface area contributed by atoms with Gasteiger partial charge >= 0.3 is 0 Å². The zero-order valence-corrected chi connectivity index (χ0v) is 11.1. The second kappa shape index (κ2) is 7.74. The van der Waals surface area contributed by atoms with E-state index in [4.69, 9.17) is 25.8 Å². The number of ether oxygens (including phenoxy) is 3. The number of halogens is 1. The van der Waals surface area contributed by atoms with Gasteiger partial charge in [-0.25, -0.2) is 0 Å². The standard InChI is InChI=1S/C14H19ClO3/c15-7-9-17-14-10-13(6-8-16-14)18-11-12-4-2-1-3-5-12/h1-5,13-14H,6-11H2/t13-,14+/m0/s1. The fourth-order valence-electron chi connectivity index (χ4n) is 1.96. The van der Waals surface area contributed by atoms with Gasteiger partial charge in [0.25, 0.3) is 0 Å². The third-order valence-corrected chi connectivity index (χ3v) is 3.06. The lowest BCUT2D eigenvalue weighted by atomic mass is 10.1. The summed E-state index contributed by atoms with van der Waals surface area (Å²) in [5.74, 6) is 0.495. The minimum absolute atomic E-state index is 0.168. The molecule has 0 unspecified atom stereocenters. The smallest absolute Gasteiger partial charge is 0.160 e. The SMILES string of the molecule is ClCCO[C@@H]1C[C@@H](OCc2ccccc2)CCO1. The summed E-state index contributed by atoms with van der Waals surface area (Å²) < 4.78 is 16.9. The lowest BCUT2D eigenvalue weighted by Gasteiger charge is -2.29. The van der Waals surface area contributed by atoms with Crippen molar-refractivity contribution in [1.29, 1.82) is 0 Å². The molecule has 1 saturated heterocycles. The Kier molecular flexibility index (Phi) is 5.94. The molecule has 0 saturated carbocycles. The van der Waals surface area contributed by atoms with E-state index in [2.05, 4.69) is 12.1 Å². The van der Waals surface area contributed by atoms with E-state index >= 15 is 0 Å². The van der Waals surface area contributed by atoms with E-state index in [-0.39, 0.29) is 12.4 Å². The van der Waals surface area contributed by atoms with Crippen molar-refractivity contribution in [3.05, 3.63) is 35.9 Å². The minimum Gasteiger partial charge on any atom is -0.373 e. The summed E-state index contributed by atoms with van der Waals surface area (Å²) >= 11 is 5.59. The van der Waals surface area contributed by atoms with Crippen molar-refractivity contribution in [1.82, 2.24) is 0 Å². The Morgan fingerprint density at radius 2 is 2.06 bits per heavy atom. The molecule has 0 aliphatic carbocycles. The van der Waals surface area contributed by atoms with Crippen LogP contribution in [-0.4, -0.2) is 31.5 Å². The predicted molar refractivity (Wildman–Crippen MR) is 70.7 cm³/mol. The molecule has 1 aromatic carbocycles. The monoisotopic (exact) mass is 270 g/mol. The van der Waals surface area contributed by atoms with Crippen LogP contribution in [0.25, 0.3) is 0 Å². The molecule has 1 heterocycles. The van der Waals surface area contributed by atoms with Crippen LogP contribution < -0.4 is 0 Å². The third-order valence-electron chi connectivity index (χ3n) is 2.91. The number of hydrogen-bond acceptors (Lipinski definition) is 3. The first-order valence-corrected chi connectivity index (χ1v) is 6.86. The molecule has 1 aliphatic heterocycles. The maximum Gasteiger partial charge on any atom is 0.160 e. The molecule has 1 fully saturated rings. The first-order chi connectivity index (χ1) is 8.88. The van der Waals surface area contributed by atoms with Crippen LogP contribution in [0.3, 0.4) is 0 Å². The number of rotatable bonds is 6. The highest BCUT2D eigenvalue weighted by Crippen LogP contribution is 2.19. The van der Waals surface area contributed by atoms with Crippen molar-refractivity contribution in [3.8, 4) is 0 Å². The Morgan fingerprint density at radius 3 is 2.83 bits per heavy atom. The number of alkyl halides is 1. The van der Waals surface area contributed by atoms with E-state index < -0.39 is 0 Å². The highest BCUT2D eigenvalue weighted by molar-refractivity contribution is 6.17. The van der Waals surface area contributed by atoms with E-state index in [0.29, 0.717) is 25.7 Å². The third kappa shape index (κ3) is 4.58. The largest absolute Gasteiger partial charge is 0.373 e. The average molecular weight is 271 g/mol. The first kappa shape index (κ1) is 13.8. The maximum atomic E-state index is 5.89. The second-order valence-corrected chi connectivity index (χ2v) is 4.68. The van der Waals surface area contributed by atoms with Gasteiger partial charge in [-0.1, -0.05) is 30.3 Å². The van der Waals surface area contributed by atoms with Crippen LogP contribution in [0.15, 0.2) is 30.3 Å². The van der Waals surface area contributed by atoms with Gasteiger partial charge in [0.05, 0.1) is 25.9 Å². The van der Waals surface area contributed by atoms with Gasteiger partial charge in [0, 0.05) is 12.3 Å². The highest BCUT2D eigenvalue weighted by Gasteiger charge is 2.23. The van der Waals surface area contributed by atoms with Crippen molar-refractivity contribution in [3.63, 3.8) is 0 Å². The summed E-state index contributed by atoms with van der Waals surface area (Å²) in [4.78, 5) is 0. The van der Waals surface area contributed by atoms with E-state index in [1.807, 2.05) is 18.2 Å². The summed E-state index contributed by atoms with van der Waals surface area (Å²) in [6.07, 6.45) is 1.75. The molecule has 0 bridgehead atoms. The second-order valence-electron chi connectivity index (χ2n) is 4.30. The molecule has 1 aromatic rings. The molecule has 100 valence electrons. The summed E-state index contributed by atoms with van der Waals surface area (Å²) in [6, 6.07) is 10.2. The molecule has 0 N–H and O–H groups in total. The normalized spacial score (nSPS) is 24.1. The minimum atomic E-state index is -0.168. The summed E-state index contributed by atoms with van der Waals surface area (Å²) in [7, 11) is 0. The van der Waals surface area contributed by atoms with Crippen LogP contribution in [0.5, 0.6) is 0 Å². The van der Waals surface area contributed by atoms with Crippen LogP contribution in [-0.2, 0) is 20.8 Å². The molecule has 3 nitrogen and oxygen atoms in total. The molecule has 0 aromatic heterocycles. The van der Waals surface area contributed by atoms with Crippen LogP contribution in [0, 0.1) is 0 Å². The molecule has 2 rings (SSSR count). The van der Waals surface area contributed by atoms with Crippen LogP contribution in [0.2, 0.25) is 0 Å². The summed E-state index contributed by atoms with van der Waals surface area (Å²) in [5, 5.41) is 0. The molecular formula is C14H19ClO3. The van der Waals surface area contributed by atoms with E-state index in [1.165, 1.54) is 5.56 Å². The van der Waals surface area contributed by atoms with Gasteiger partial charge < -0.3 is 14.2 Å². The molecule has 2 atom stereocenters. The first-order valence-electron chi connectivity index (χ1n) is 6.33. The molecule has 18 heavy (non-hydrogen) atoms. The van der Waals surface area contributed by atoms with Crippen molar-refractivity contribution in [2.24, 2.45) is 0 Å². The Labute approximate surface area is 113 Å². The highest BCUT2D eigenvalue weighted by atomic mass is 35.5. The number of hydrogen-bond donors (Lipinski definition) is 0. The van der Waals surface area contributed by atoms with Gasteiger partial charge in [-0.15, -0.1) is 11.6 Å². The average Bonchev–Trinajstić information content (AvgIpc) is 2.44. The molecule has 4 heteroatoms. The van der Waals surface area contributed by atoms with Crippen molar-refractivity contribution in [2.45, 2.75) is 31.8 Å². The predicted octanol–water partition coefficient (Wildman–Crippen LogP) is 2.96. The van der Waals surface area contributed by atoms with Crippen LogP contribution in [0.1, 0.15) is 18.4 Å². The van der Waals surface area contributed by atoms with Crippen molar-refractivity contribution in [2.75, 3.05) is 19.1 Å². The topological polar surface area (TPSA) is 27.7 Å². The van der Waals surface area contributed by atoms with Crippen molar-refractivity contribution >= 4 is 11.6 Å². The zero-order chi connectivity index (χ0) is 12.6. The van der Waals surface area contributed by atoms with Gasteiger partial charge in [0.1, 0.15) is 0 Å². The van der Waals surface area contributed by atoms with Crippen molar-refractivity contribution < 1.29 is 14.2 Å². The number of benzene rings is 1. The Balaban J connectivity index is 1.72. The van der Waals surface area contributed by atoms with Gasteiger partial charge in [-0.05, 0) is 12.0 Å². The van der Waals surface area contributed by atoms with Crippen LogP contribution >= 0.6 is 11.6 Å². The maximum absolute atomic E-state index is 5.89. The van der Waals surface area contributed by atoms with Gasteiger partial charge in [0.15, 0.2) is 6.29 Å². The van der Waals surface area contributed by atoms with E-state index in [0.717, 1.165) is 12.8 Å². The lowest BCUT2D eigenvalue weighted by Crippen LogP contribution is -2.33. The molecule has 0 radical (unpaired) electrons. The lowest BCUT2D eigenvalue weighted by molar-refractivity contribution is -0.191. The molecule has 0 spiro atoms.